The van der Waals surface area contributed by atoms with Gasteiger partial charge in [0, 0.05) is 43.0 Å². The third kappa shape index (κ3) is 3.57. The van der Waals surface area contributed by atoms with E-state index in [0.717, 1.165) is 54.8 Å². The molecule has 0 amide bonds. The van der Waals surface area contributed by atoms with Crippen LogP contribution in [0.1, 0.15) is 36.0 Å². The molecule has 1 aliphatic heterocycles. The van der Waals surface area contributed by atoms with Crippen molar-refractivity contribution in [3.8, 4) is 0 Å². The maximum Gasteiger partial charge on any atom is 0.185 e. The molecule has 4 heterocycles. The molecule has 1 atom stereocenters. The molecule has 0 aliphatic carbocycles. The van der Waals surface area contributed by atoms with E-state index in [0.29, 0.717) is 5.92 Å². The van der Waals surface area contributed by atoms with Gasteiger partial charge in [-0.1, -0.05) is 6.07 Å². The van der Waals surface area contributed by atoms with Gasteiger partial charge in [0.1, 0.15) is 5.82 Å². The summed E-state index contributed by atoms with van der Waals surface area (Å²) in [7, 11) is 0. The molecule has 25 heavy (non-hydrogen) atoms. The van der Waals surface area contributed by atoms with E-state index in [2.05, 4.69) is 24.4 Å². The fourth-order valence-corrected chi connectivity index (χ4v) is 4.21. The topological polar surface area (TPSA) is 67.1 Å². The van der Waals surface area contributed by atoms with Crippen LogP contribution in [-0.4, -0.2) is 37.7 Å². The van der Waals surface area contributed by atoms with Gasteiger partial charge in [0.2, 0.25) is 0 Å². The summed E-state index contributed by atoms with van der Waals surface area (Å²) >= 11 is 1.60. The minimum Gasteiger partial charge on any atom is -0.390 e. The average Bonchev–Trinajstić information content (AvgIpc) is 3.32. The van der Waals surface area contributed by atoms with E-state index in [1.54, 1.807) is 11.3 Å². The van der Waals surface area contributed by atoms with Gasteiger partial charge < -0.3 is 14.6 Å². The first-order valence-corrected chi connectivity index (χ1v) is 9.42. The Hall–Kier alpha value is -2.25. The second-order valence-corrected chi connectivity index (χ2v) is 7.14. The van der Waals surface area contributed by atoms with Gasteiger partial charge in [0.25, 0.3) is 0 Å². The molecule has 1 N–H and O–H groups in total. The van der Waals surface area contributed by atoms with Crippen molar-refractivity contribution in [3.63, 3.8) is 0 Å². The zero-order valence-electron chi connectivity index (χ0n) is 14.0. The van der Waals surface area contributed by atoms with Crippen LogP contribution < -0.4 is 4.90 Å². The molecule has 3 aromatic rings. The van der Waals surface area contributed by atoms with E-state index in [1.807, 2.05) is 42.2 Å². The molecule has 3 aromatic heterocycles. The first-order valence-electron chi connectivity index (χ1n) is 8.54. The number of nitrogens with zero attached hydrogens (tertiary/aromatic N) is 5. The Bertz CT molecular complexity index is 816. The van der Waals surface area contributed by atoms with Crippen molar-refractivity contribution in [1.29, 1.82) is 0 Å². The lowest BCUT2D eigenvalue weighted by atomic mass is 9.97. The van der Waals surface area contributed by atoms with Crippen LogP contribution in [-0.2, 0) is 13.2 Å². The first-order chi connectivity index (χ1) is 12.3. The fourth-order valence-electron chi connectivity index (χ4n) is 3.36. The molecule has 0 bridgehead atoms. The summed E-state index contributed by atoms with van der Waals surface area (Å²) in [6.07, 6.45) is 8.00. The smallest absolute Gasteiger partial charge is 0.185 e. The van der Waals surface area contributed by atoms with Crippen LogP contribution in [0.5, 0.6) is 0 Å². The maximum atomic E-state index is 9.23. The number of rotatable bonds is 5. The molecule has 1 saturated heterocycles. The molecule has 7 heteroatoms. The van der Waals surface area contributed by atoms with Crippen LogP contribution in [0.2, 0.25) is 0 Å². The molecule has 0 saturated carbocycles. The Balaban J connectivity index is 1.51. The number of aliphatic hydroxyl groups is 1. The number of piperidine rings is 1. The molecule has 1 fully saturated rings. The van der Waals surface area contributed by atoms with Crippen LogP contribution in [0.4, 0.5) is 5.13 Å². The molecule has 1 aliphatic rings. The monoisotopic (exact) mass is 355 g/mol. The summed E-state index contributed by atoms with van der Waals surface area (Å²) in [5, 5.41) is 12.2. The summed E-state index contributed by atoms with van der Waals surface area (Å²) in [5.74, 6) is 1.50. The number of anilines is 1. The van der Waals surface area contributed by atoms with Crippen LogP contribution >= 0.6 is 11.3 Å². The van der Waals surface area contributed by atoms with Crippen molar-refractivity contribution in [2.24, 2.45) is 0 Å². The molecule has 0 unspecified atom stereocenters. The van der Waals surface area contributed by atoms with Gasteiger partial charge in [-0.05, 0) is 25.0 Å². The highest BCUT2D eigenvalue weighted by atomic mass is 32.1. The van der Waals surface area contributed by atoms with Crippen LogP contribution in [0.3, 0.4) is 0 Å². The summed E-state index contributed by atoms with van der Waals surface area (Å²) in [6.45, 7) is 2.67. The van der Waals surface area contributed by atoms with Gasteiger partial charge in [-0.2, -0.15) is 0 Å². The Morgan fingerprint density at radius 2 is 2.16 bits per heavy atom. The van der Waals surface area contributed by atoms with Crippen LogP contribution in [0.15, 0.2) is 42.2 Å². The molecular formula is C18H21N5OS. The van der Waals surface area contributed by atoms with Gasteiger partial charge in [-0.3, -0.25) is 4.98 Å². The van der Waals surface area contributed by atoms with E-state index < -0.39 is 0 Å². The zero-order chi connectivity index (χ0) is 17.1. The lowest BCUT2D eigenvalue weighted by Gasteiger charge is -2.32. The number of thiazole rings is 1. The second-order valence-electron chi connectivity index (χ2n) is 6.30. The number of hydrogen-bond acceptors (Lipinski definition) is 6. The summed E-state index contributed by atoms with van der Waals surface area (Å²) in [6, 6.07) is 6.00. The minimum absolute atomic E-state index is 0.00223. The van der Waals surface area contributed by atoms with E-state index >= 15 is 0 Å². The van der Waals surface area contributed by atoms with Crippen molar-refractivity contribution in [3.05, 3.63) is 59.4 Å². The highest BCUT2D eigenvalue weighted by Crippen LogP contribution is 2.31. The zero-order valence-corrected chi connectivity index (χ0v) is 14.8. The molecule has 0 radical (unpaired) electrons. The molecule has 130 valence electrons. The Labute approximate surface area is 150 Å². The van der Waals surface area contributed by atoms with E-state index in [-0.39, 0.29) is 6.61 Å². The van der Waals surface area contributed by atoms with Crippen molar-refractivity contribution >= 4 is 16.5 Å². The number of hydrogen-bond donors (Lipinski definition) is 1. The predicted octanol–water partition coefficient (Wildman–Crippen LogP) is 2.66. The Morgan fingerprint density at radius 3 is 2.96 bits per heavy atom. The third-order valence-corrected chi connectivity index (χ3v) is 5.52. The minimum atomic E-state index is 0.00223. The number of aliphatic hydroxyl groups excluding tert-OH is 1. The second kappa shape index (κ2) is 7.33. The Kier molecular flexibility index (Phi) is 4.76. The van der Waals surface area contributed by atoms with Crippen LogP contribution in [0.25, 0.3) is 0 Å². The number of imidazole rings is 1. The van der Waals surface area contributed by atoms with E-state index in [4.69, 9.17) is 0 Å². The van der Waals surface area contributed by atoms with Gasteiger partial charge in [0.15, 0.2) is 5.13 Å². The van der Waals surface area contributed by atoms with Crippen molar-refractivity contribution < 1.29 is 5.11 Å². The standard InChI is InChI=1S/C18H21N5OS/c24-12-16-13-25-18(21-16)23-8-3-4-14(10-23)17-20-7-9-22(17)11-15-5-1-2-6-19-15/h1-2,5-7,9,13-14,24H,3-4,8,10-12H2/t14-/m1/s1. The first kappa shape index (κ1) is 16.2. The molecule has 6 nitrogen and oxygen atoms in total. The lowest BCUT2D eigenvalue weighted by Crippen LogP contribution is -2.35. The van der Waals surface area contributed by atoms with Gasteiger partial charge in [-0.15, -0.1) is 11.3 Å². The van der Waals surface area contributed by atoms with Gasteiger partial charge >= 0.3 is 0 Å². The summed E-state index contributed by atoms with van der Waals surface area (Å²) in [5.41, 5.74) is 1.79. The van der Waals surface area contributed by atoms with Crippen molar-refractivity contribution in [2.75, 3.05) is 18.0 Å². The Morgan fingerprint density at radius 1 is 1.20 bits per heavy atom. The molecular weight excluding hydrogens is 334 g/mol. The van der Waals surface area contributed by atoms with Gasteiger partial charge in [-0.25, -0.2) is 9.97 Å². The normalized spacial score (nSPS) is 17.8. The quantitative estimate of drug-likeness (QED) is 0.762. The SMILES string of the molecule is OCc1csc(N2CCC[C@@H](c3nccn3Cc3ccccn3)C2)n1. The van der Waals surface area contributed by atoms with Crippen LogP contribution in [0, 0.1) is 0 Å². The lowest BCUT2D eigenvalue weighted by molar-refractivity contribution is 0.277. The van der Waals surface area contributed by atoms with Gasteiger partial charge in [0.05, 0.1) is 24.5 Å². The average molecular weight is 355 g/mol. The van der Waals surface area contributed by atoms with E-state index in [1.165, 1.54) is 0 Å². The predicted molar refractivity (Wildman–Crippen MR) is 97.8 cm³/mol. The highest BCUT2D eigenvalue weighted by Gasteiger charge is 2.26. The number of pyridine rings is 1. The van der Waals surface area contributed by atoms with Crippen molar-refractivity contribution in [1.82, 2.24) is 19.5 Å². The maximum absolute atomic E-state index is 9.23. The number of aromatic nitrogens is 4. The van der Waals surface area contributed by atoms with Crippen molar-refractivity contribution in [2.45, 2.75) is 31.9 Å². The molecule has 4 rings (SSSR count). The largest absolute Gasteiger partial charge is 0.390 e. The summed E-state index contributed by atoms with van der Waals surface area (Å²) < 4.78 is 2.21. The molecule has 0 spiro atoms. The summed E-state index contributed by atoms with van der Waals surface area (Å²) in [4.78, 5) is 15.9. The highest BCUT2D eigenvalue weighted by molar-refractivity contribution is 7.13. The van der Waals surface area contributed by atoms with E-state index in [9.17, 15) is 5.11 Å². The fraction of sp³-hybridized carbons (Fsp3) is 0.389. The molecule has 0 aromatic carbocycles. The third-order valence-electron chi connectivity index (χ3n) is 4.56.